The molecule has 0 fully saturated rings. The van der Waals surface area contributed by atoms with Crippen LogP contribution in [0.5, 0.6) is 0 Å². The molecule has 0 saturated heterocycles. The third-order valence-electron chi connectivity index (χ3n) is 5.99. The molecule has 0 aliphatic carbocycles. The third-order valence-corrected chi connectivity index (χ3v) is 7.12. The Balaban J connectivity index is 2.38. The highest BCUT2D eigenvalue weighted by Crippen LogP contribution is 2.25. The van der Waals surface area contributed by atoms with Crippen LogP contribution >= 0.6 is 0 Å². The van der Waals surface area contributed by atoms with Crippen LogP contribution in [-0.2, 0) is 26.2 Å². The molecule has 8 heteroatoms. The zero-order valence-electron chi connectivity index (χ0n) is 21.1. The molecule has 1 N–H and O–H groups in total. The maximum atomic E-state index is 13.6. The number of sulfonamides is 1. The quantitative estimate of drug-likeness (QED) is 0.490. The molecule has 0 spiro atoms. The summed E-state index contributed by atoms with van der Waals surface area (Å²) in [5.41, 5.74) is 4.14. The maximum Gasteiger partial charge on any atom is 0.244 e. The lowest BCUT2D eigenvalue weighted by molar-refractivity contribution is -0.139. The summed E-state index contributed by atoms with van der Waals surface area (Å²) in [5.74, 6) is -0.698. The van der Waals surface area contributed by atoms with E-state index < -0.39 is 22.0 Å². The van der Waals surface area contributed by atoms with Gasteiger partial charge >= 0.3 is 0 Å². The van der Waals surface area contributed by atoms with Gasteiger partial charge in [0.2, 0.25) is 21.8 Å². The van der Waals surface area contributed by atoms with Crippen LogP contribution in [0.3, 0.4) is 0 Å². The van der Waals surface area contributed by atoms with E-state index in [2.05, 4.69) is 5.32 Å². The molecule has 186 valence electrons. The molecule has 1 atom stereocenters. The fraction of sp³-hybridized carbons (Fsp3) is 0.462. The summed E-state index contributed by atoms with van der Waals surface area (Å²) in [6, 6.07) is 12.3. The van der Waals surface area contributed by atoms with Gasteiger partial charge < -0.3 is 10.2 Å². The van der Waals surface area contributed by atoms with Gasteiger partial charge in [0.25, 0.3) is 0 Å². The summed E-state index contributed by atoms with van der Waals surface area (Å²) in [4.78, 5) is 27.8. The highest BCUT2D eigenvalue weighted by Gasteiger charge is 2.30. The molecule has 2 rings (SSSR count). The number of carbonyl (C=O) groups excluding carboxylic acids is 2. The van der Waals surface area contributed by atoms with Crippen LogP contribution in [0.1, 0.15) is 48.9 Å². The monoisotopic (exact) mass is 487 g/mol. The summed E-state index contributed by atoms with van der Waals surface area (Å²) < 4.78 is 26.5. The minimum absolute atomic E-state index is 0.200. The van der Waals surface area contributed by atoms with Gasteiger partial charge in [-0.05, 0) is 56.9 Å². The van der Waals surface area contributed by atoms with Crippen LogP contribution in [0.4, 0.5) is 5.69 Å². The topological polar surface area (TPSA) is 86.8 Å². The number of hydrogen-bond acceptors (Lipinski definition) is 4. The second kappa shape index (κ2) is 12.0. The van der Waals surface area contributed by atoms with E-state index in [0.717, 1.165) is 45.7 Å². The van der Waals surface area contributed by atoms with Crippen LogP contribution in [0, 0.1) is 20.8 Å². The Morgan fingerprint density at radius 1 is 1.03 bits per heavy atom. The molecule has 0 unspecified atom stereocenters. The number of unbranched alkanes of at least 4 members (excludes halogenated alkanes) is 1. The average molecular weight is 488 g/mol. The molecular weight excluding hydrogens is 450 g/mol. The molecule has 0 heterocycles. The minimum atomic E-state index is -3.74. The van der Waals surface area contributed by atoms with Gasteiger partial charge in [-0.15, -0.1) is 0 Å². The van der Waals surface area contributed by atoms with Gasteiger partial charge in [0.1, 0.15) is 12.6 Å². The van der Waals surface area contributed by atoms with Gasteiger partial charge in [0.05, 0.1) is 11.9 Å². The molecule has 2 aromatic rings. The second-order valence-corrected chi connectivity index (χ2v) is 10.7. The lowest BCUT2D eigenvalue weighted by Gasteiger charge is -2.32. The van der Waals surface area contributed by atoms with Crippen molar-refractivity contribution in [2.45, 2.75) is 60.0 Å². The zero-order chi connectivity index (χ0) is 25.5. The summed E-state index contributed by atoms with van der Waals surface area (Å²) >= 11 is 0. The number of nitrogens with one attached hydrogen (secondary N) is 1. The molecular formula is C26H37N3O4S. The number of nitrogens with zero attached hydrogens (tertiary/aromatic N) is 2. The number of anilines is 1. The SMILES string of the molecule is CCCCNC(=O)[C@H](C)N(Cc1ccc(C)cc1)C(=O)CN(c1cccc(C)c1C)S(C)(=O)=O. The Morgan fingerprint density at radius 2 is 1.68 bits per heavy atom. The van der Waals surface area contributed by atoms with Gasteiger partial charge in [-0.1, -0.05) is 55.3 Å². The fourth-order valence-corrected chi connectivity index (χ4v) is 4.51. The van der Waals surface area contributed by atoms with E-state index in [-0.39, 0.29) is 19.0 Å². The van der Waals surface area contributed by atoms with E-state index in [9.17, 15) is 18.0 Å². The number of hydrogen-bond donors (Lipinski definition) is 1. The van der Waals surface area contributed by atoms with Gasteiger partial charge in [0, 0.05) is 13.1 Å². The minimum Gasteiger partial charge on any atom is -0.354 e. The van der Waals surface area contributed by atoms with E-state index >= 15 is 0 Å². The number of carbonyl (C=O) groups is 2. The van der Waals surface area contributed by atoms with E-state index in [1.807, 2.05) is 58.0 Å². The summed E-state index contributed by atoms with van der Waals surface area (Å²) in [6.45, 7) is 9.77. The lowest BCUT2D eigenvalue weighted by atomic mass is 10.1. The smallest absolute Gasteiger partial charge is 0.244 e. The van der Waals surface area contributed by atoms with Crippen molar-refractivity contribution in [3.8, 4) is 0 Å². The van der Waals surface area contributed by atoms with E-state index in [0.29, 0.717) is 12.2 Å². The molecule has 0 aromatic heterocycles. The fourth-order valence-electron chi connectivity index (χ4n) is 3.61. The van der Waals surface area contributed by atoms with Crippen molar-refractivity contribution < 1.29 is 18.0 Å². The predicted molar refractivity (Wildman–Crippen MR) is 137 cm³/mol. The van der Waals surface area contributed by atoms with E-state index in [1.54, 1.807) is 19.1 Å². The Bertz CT molecular complexity index is 1100. The van der Waals surface area contributed by atoms with Gasteiger partial charge in [-0.3, -0.25) is 13.9 Å². The molecule has 0 bridgehead atoms. The molecule has 2 amide bonds. The highest BCUT2D eigenvalue weighted by molar-refractivity contribution is 7.92. The molecule has 34 heavy (non-hydrogen) atoms. The number of rotatable bonds is 11. The van der Waals surface area contributed by atoms with E-state index in [1.165, 1.54) is 4.90 Å². The first-order valence-electron chi connectivity index (χ1n) is 11.6. The predicted octanol–water partition coefficient (Wildman–Crippen LogP) is 3.71. The first-order chi connectivity index (χ1) is 16.0. The first kappa shape index (κ1) is 27.4. The van der Waals surface area contributed by atoms with Crippen LogP contribution in [-0.4, -0.2) is 50.5 Å². The molecule has 2 aromatic carbocycles. The van der Waals surface area contributed by atoms with Gasteiger partial charge in [0.15, 0.2) is 0 Å². The van der Waals surface area contributed by atoms with Crippen molar-refractivity contribution in [3.63, 3.8) is 0 Å². The van der Waals surface area contributed by atoms with Crippen LogP contribution < -0.4 is 9.62 Å². The van der Waals surface area contributed by atoms with Crippen molar-refractivity contribution in [1.29, 1.82) is 0 Å². The molecule has 0 aliphatic rings. The molecule has 0 aliphatic heterocycles. The number of benzene rings is 2. The van der Waals surface area contributed by atoms with Crippen molar-refractivity contribution in [1.82, 2.24) is 10.2 Å². The molecule has 7 nitrogen and oxygen atoms in total. The normalized spacial score (nSPS) is 12.2. The Hall–Kier alpha value is -2.87. The van der Waals surface area contributed by atoms with Gasteiger partial charge in [-0.25, -0.2) is 8.42 Å². The van der Waals surface area contributed by atoms with E-state index in [4.69, 9.17) is 0 Å². The Labute approximate surface area is 204 Å². The third kappa shape index (κ3) is 7.32. The number of aryl methyl sites for hydroxylation is 2. The highest BCUT2D eigenvalue weighted by atomic mass is 32.2. The van der Waals surface area contributed by atoms with Crippen molar-refractivity contribution in [3.05, 3.63) is 64.7 Å². The first-order valence-corrected chi connectivity index (χ1v) is 13.5. The Morgan fingerprint density at radius 3 is 2.26 bits per heavy atom. The Kier molecular flexibility index (Phi) is 9.67. The van der Waals surface area contributed by atoms with Crippen LogP contribution in [0.2, 0.25) is 0 Å². The largest absolute Gasteiger partial charge is 0.354 e. The van der Waals surface area contributed by atoms with Crippen molar-refractivity contribution >= 4 is 27.5 Å². The molecule has 0 radical (unpaired) electrons. The average Bonchev–Trinajstić information content (AvgIpc) is 2.78. The summed E-state index contributed by atoms with van der Waals surface area (Å²) in [7, 11) is -3.74. The standard InChI is InChI=1S/C26H37N3O4S/c1-7-8-16-27-26(31)22(5)28(17-23-14-12-19(2)13-15-23)25(30)18-29(34(6,32)33)24-11-9-10-20(3)21(24)4/h9-15,22H,7-8,16-18H2,1-6H3,(H,27,31)/t22-/m0/s1. The van der Waals surface area contributed by atoms with Crippen molar-refractivity contribution in [2.75, 3.05) is 23.7 Å². The lowest BCUT2D eigenvalue weighted by Crippen LogP contribution is -2.51. The second-order valence-electron chi connectivity index (χ2n) is 8.82. The van der Waals surface area contributed by atoms with Gasteiger partial charge in [-0.2, -0.15) is 0 Å². The van der Waals surface area contributed by atoms with Crippen LogP contribution in [0.15, 0.2) is 42.5 Å². The van der Waals surface area contributed by atoms with Crippen molar-refractivity contribution in [2.24, 2.45) is 0 Å². The van der Waals surface area contributed by atoms with Crippen LogP contribution in [0.25, 0.3) is 0 Å². The molecule has 0 saturated carbocycles. The zero-order valence-corrected chi connectivity index (χ0v) is 21.9. The summed E-state index contributed by atoms with van der Waals surface area (Å²) in [6.07, 6.45) is 2.88. The number of amides is 2. The maximum absolute atomic E-state index is 13.6. The summed E-state index contributed by atoms with van der Waals surface area (Å²) in [5, 5.41) is 2.88.